The minimum absolute atomic E-state index is 0.128. The number of anilines is 1. The molecule has 1 N–H and O–H groups in total. The number of aryl methyl sites for hydroxylation is 1. The van der Waals surface area contributed by atoms with Crippen LogP contribution in [0, 0.1) is 12.7 Å². The lowest BCUT2D eigenvalue weighted by Gasteiger charge is -2.35. The van der Waals surface area contributed by atoms with Crippen LogP contribution < -0.4 is 10.2 Å². The van der Waals surface area contributed by atoms with Gasteiger partial charge in [0.05, 0.1) is 12.7 Å². The molecule has 2 rings (SSSR count). The van der Waals surface area contributed by atoms with Crippen LogP contribution in [0.15, 0.2) is 12.1 Å². The van der Waals surface area contributed by atoms with E-state index in [1.807, 2.05) is 20.0 Å². The molecule has 0 aromatic heterocycles. The topological polar surface area (TPSA) is 24.5 Å². The highest BCUT2D eigenvalue weighted by Crippen LogP contribution is 2.30. The maximum absolute atomic E-state index is 13.8. The summed E-state index contributed by atoms with van der Waals surface area (Å²) in [6, 6.07) is 3.74. The van der Waals surface area contributed by atoms with Crippen molar-refractivity contribution in [2.75, 3.05) is 31.6 Å². The third kappa shape index (κ3) is 3.07. The molecule has 0 amide bonds. The molecule has 1 aliphatic rings. The molecule has 1 heterocycles. The smallest absolute Gasteiger partial charge is 0.126 e. The van der Waals surface area contributed by atoms with Gasteiger partial charge in [0.25, 0.3) is 0 Å². The van der Waals surface area contributed by atoms with Gasteiger partial charge in [0, 0.05) is 24.8 Å². The molecule has 1 aliphatic heterocycles. The van der Waals surface area contributed by atoms with Gasteiger partial charge < -0.3 is 15.0 Å². The maximum atomic E-state index is 13.8. The minimum atomic E-state index is -0.137. The lowest BCUT2D eigenvalue weighted by Crippen LogP contribution is -2.42. The van der Waals surface area contributed by atoms with Crippen LogP contribution in [-0.2, 0) is 4.74 Å². The summed E-state index contributed by atoms with van der Waals surface area (Å²) in [5, 5.41) is 3.19. The molecule has 106 valence electrons. The Morgan fingerprint density at radius 1 is 1.47 bits per heavy atom. The Labute approximate surface area is 114 Å². The van der Waals surface area contributed by atoms with Crippen LogP contribution in [0.5, 0.6) is 0 Å². The standard InChI is InChI=1S/C15H23FN2O/c1-10-7-15(18-5-6-19-11(2)9-18)13(8-14(10)16)12(3)17-4/h7-8,11-12,17H,5-6,9H2,1-4H3. The van der Waals surface area contributed by atoms with Gasteiger partial charge in [-0.25, -0.2) is 4.39 Å². The van der Waals surface area contributed by atoms with Gasteiger partial charge in [0.1, 0.15) is 5.82 Å². The van der Waals surface area contributed by atoms with E-state index in [0.29, 0.717) is 5.56 Å². The zero-order chi connectivity index (χ0) is 14.0. The van der Waals surface area contributed by atoms with Gasteiger partial charge in [0.2, 0.25) is 0 Å². The summed E-state index contributed by atoms with van der Waals surface area (Å²) in [7, 11) is 1.90. The van der Waals surface area contributed by atoms with Gasteiger partial charge >= 0.3 is 0 Å². The molecule has 3 nitrogen and oxygen atoms in total. The van der Waals surface area contributed by atoms with Gasteiger partial charge in [-0.3, -0.25) is 0 Å². The Morgan fingerprint density at radius 3 is 2.84 bits per heavy atom. The average molecular weight is 266 g/mol. The van der Waals surface area contributed by atoms with Crippen molar-refractivity contribution in [2.45, 2.75) is 32.9 Å². The molecular formula is C15H23FN2O. The summed E-state index contributed by atoms with van der Waals surface area (Å²) < 4.78 is 19.4. The monoisotopic (exact) mass is 266 g/mol. The van der Waals surface area contributed by atoms with Crippen LogP contribution in [0.4, 0.5) is 10.1 Å². The van der Waals surface area contributed by atoms with Gasteiger partial charge in [-0.1, -0.05) is 0 Å². The number of nitrogens with zero attached hydrogens (tertiary/aromatic N) is 1. The summed E-state index contributed by atoms with van der Waals surface area (Å²) >= 11 is 0. The van der Waals surface area contributed by atoms with Crippen LogP contribution in [-0.4, -0.2) is 32.8 Å². The Hall–Kier alpha value is -1.13. The van der Waals surface area contributed by atoms with Crippen LogP contribution in [0.3, 0.4) is 0 Å². The first-order chi connectivity index (χ1) is 9.02. The number of morpholine rings is 1. The Balaban J connectivity index is 2.39. The second-order valence-electron chi connectivity index (χ2n) is 5.30. The van der Waals surface area contributed by atoms with Crippen molar-refractivity contribution < 1.29 is 9.13 Å². The van der Waals surface area contributed by atoms with Gasteiger partial charge in [-0.05, 0) is 51.1 Å². The van der Waals surface area contributed by atoms with Crippen LogP contribution in [0.25, 0.3) is 0 Å². The summed E-state index contributed by atoms with van der Waals surface area (Å²) in [5.41, 5.74) is 2.83. The molecule has 0 bridgehead atoms. The predicted octanol–water partition coefficient (Wildman–Crippen LogP) is 2.64. The van der Waals surface area contributed by atoms with E-state index >= 15 is 0 Å². The summed E-state index contributed by atoms with van der Waals surface area (Å²) in [4.78, 5) is 2.30. The molecule has 0 radical (unpaired) electrons. The van der Waals surface area contributed by atoms with E-state index in [-0.39, 0.29) is 18.0 Å². The Bertz CT molecular complexity index is 450. The van der Waals surface area contributed by atoms with E-state index in [0.717, 1.165) is 30.9 Å². The largest absolute Gasteiger partial charge is 0.375 e. The number of nitrogens with one attached hydrogen (secondary N) is 1. The molecule has 1 aromatic rings. The summed E-state index contributed by atoms with van der Waals surface area (Å²) in [5.74, 6) is -0.137. The molecular weight excluding hydrogens is 243 g/mol. The molecule has 1 fully saturated rings. The zero-order valence-corrected chi connectivity index (χ0v) is 12.2. The van der Waals surface area contributed by atoms with Crippen molar-refractivity contribution in [3.05, 3.63) is 29.1 Å². The van der Waals surface area contributed by atoms with Crippen molar-refractivity contribution in [1.82, 2.24) is 5.32 Å². The maximum Gasteiger partial charge on any atom is 0.126 e. The molecule has 0 aliphatic carbocycles. The van der Waals surface area contributed by atoms with E-state index in [4.69, 9.17) is 4.74 Å². The minimum Gasteiger partial charge on any atom is -0.375 e. The van der Waals surface area contributed by atoms with E-state index in [2.05, 4.69) is 24.1 Å². The van der Waals surface area contributed by atoms with Crippen molar-refractivity contribution in [3.8, 4) is 0 Å². The van der Waals surface area contributed by atoms with Crippen molar-refractivity contribution in [1.29, 1.82) is 0 Å². The van der Waals surface area contributed by atoms with Crippen molar-refractivity contribution in [2.24, 2.45) is 0 Å². The summed E-state index contributed by atoms with van der Waals surface area (Å²) in [6.45, 7) is 8.38. The fraction of sp³-hybridized carbons (Fsp3) is 0.600. The molecule has 1 saturated heterocycles. The van der Waals surface area contributed by atoms with Crippen LogP contribution in [0.2, 0.25) is 0 Å². The SMILES string of the molecule is CNC(C)c1cc(F)c(C)cc1N1CCOC(C)C1. The summed E-state index contributed by atoms with van der Waals surface area (Å²) in [6.07, 6.45) is 0.219. The van der Waals surface area contributed by atoms with Crippen molar-refractivity contribution >= 4 is 5.69 Å². The van der Waals surface area contributed by atoms with Gasteiger partial charge in [-0.2, -0.15) is 0 Å². The second-order valence-corrected chi connectivity index (χ2v) is 5.30. The highest BCUT2D eigenvalue weighted by atomic mass is 19.1. The molecule has 0 saturated carbocycles. The van der Waals surface area contributed by atoms with E-state index in [1.165, 1.54) is 0 Å². The third-order valence-corrected chi connectivity index (χ3v) is 3.79. The molecule has 0 spiro atoms. The highest BCUT2D eigenvalue weighted by Gasteiger charge is 2.22. The number of halogens is 1. The van der Waals surface area contributed by atoms with Crippen LogP contribution >= 0.6 is 0 Å². The lowest BCUT2D eigenvalue weighted by atomic mass is 10.0. The number of hydrogen-bond donors (Lipinski definition) is 1. The number of ether oxygens (including phenoxy) is 1. The quantitative estimate of drug-likeness (QED) is 0.910. The van der Waals surface area contributed by atoms with Crippen molar-refractivity contribution in [3.63, 3.8) is 0 Å². The zero-order valence-electron chi connectivity index (χ0n) is 12.2. The Morgan fingerprint density at radius 2 is 2.21 bits per heavy atom. The number of hydrogen-bond acceptors (Lipinski definition) is 3. The van der Waals surface area contributed by atoms with Gasteiger partial charge in [-0.15, -0.1) is 0 Å². The van der Waals surface area contributed by atoms with Gasteiger partial charge in [0.15, 0.2) is 0 Å². The van der Waals surface area contributed by atoms with Crippen LogP contribution in [0.1, 0.15) is 31.0 Å². The second kappa shape index (κ2) is 5.88. The molecule has 2 unspecified atom stereocenters. The lowest BCUT2D eigenvalue weighted by molar-refractivity contribution is 0.0531. The van der Waals surface area contributed by atoms with E-state index in [1.54, 1.807) is 6.07 Å². The first-order valence-corrected chi connectivity index (χ1v) is 6.86. The number of rotatable bonds is 3. The molecule has 1 aromatic carbocycles. The van der Waals surface area contributed by atoms with E-state index in [9.17, 15) is 4.39 Å². The number of benzene rings is 1. The molecule has 2 atom stereocenters. The fourth-order valence-corrected chi connectivity index (χ4v) is 2.50. The predicted molar refractivity (Wildman–Crippen MR) is 76.2 cm³/mol. The Kier molecular flexibility index (Phi) is 4.42. The third-order valence-electron chi connectivity index (χ3n) is 3.79. The highest BCUT2D eigenvalue weighted by molar-refractivity contribution is 5.57. The average Bonchev–Trinajstić information content (AvgIpc) is 2.40. The molecule has 19 heavy (non-hydrogen) atoms. The van der Waals surface area contributed by atoms with E-state index < -0.39 is 0 Å². The fourth-order valence-electron chi connectivity index (χ4n) is 2.50. The first kappa shape index (κ1) is 14.3. The molecule has 4 heteroatoms. The normalized spacial score (nSPS) is 21.5. The first-order valence-electron chi connectivity index (χ1n) is 6.86.